The van der Waals surface area contributed by atoms with Crippen molar-refractivity contribution in [2.45, 2.75) is 6.92 Å². The number of allylic oxidation sites excluding steroid dienone is 1. The number of H-pyrrole nitrogens is 1. The molecule has 0 aliphatic carbocycles. The number of nitrogens with one attached hydrogen (secondary N) is 2. The van der Waals surface area contributed by atoms with Crippen molar-refractivity contribution >= 4 is 40.2 Å². The van der Waals surface area contributed by atoms with E-state index in [-0.39, 0.29) is 27.2 Å². The lowest BCUT2D eigenvalue weighted by atomic mass is 10.1. The maximum Gasteiger partial charge on any atom is 0.216 e. The molecular formula is C12H8Cl2N6O. The van der Waals surface area contributed by atoms with Crippen molar-refractivity contribution in [2.24, 2.45) is 0 Å². The van der Waals surface area contributed by atoms with Gasteiger partial charge in [0.2, 0.25) is 5.82 Å². The molecular weight excluding hydrogens is 315 g/mol. The first kappa shape index (κ1) is 15.0. The molecule has 0 amide bonds. The average Bonchev–Trinajstić information content (AvgIpc) is 2.95. The predicted molar refractivity (Wildman–Crippen MR) is 77.9 cm³/mol. The molecule has 0 fully saturated rings. The monoisotopic (exact) mass is 322 g/mol. The van der Waals surface area contributed by atoms with Crippen LogP contribution in [0, 0.1) is 11.3 Å². The Morgan fingerprint density at radius 2 is 2.10 bits per heavy atom. The first-order chi connectivity index (χ1) is 10.0. The fraction of sp³-hybridized carbons (Fsp3) is 0.0833. The molecule has 0 radical (unpaired) electrons. The van der Waals surface area contributed by atoms with Crippen LogP contribution < -0.4 is 5.32 Å². The number of nitrogens with zero attached hydrogens (tertiary/aromatic N) is 4. The highest BCUT2D eigenvalue weighted by Gasteiger charge is 2.11. The zero-order valence-electron chi connectivity index (χ0n) is 10.7. The number of hydrogen-bond acceptors (Lipinski definition) is 6. The summed E-state index contributed by atoms with van der Waals surface area (Å²) in [6.07, 6.45) is 1.35. The molecule has 2 N–H and O–H groups in total. The predicted octanol–water partition coefficient (Wildman–Crippen LogP) is 2.69. The molecule has 2 rings (SSSR count). The number of carbonyl (C=O) groups excluding carboxylic acids is 1. The van der Waals surface area contributed by atoms with Gasteiger partial charge < -0.3 is 5.32 Å². The second-order valence-corrected chi connectivity index (χ2v) is 4.74. The number of anilines is 1. The molecule has 106 valence electrons. The first-order valence-corrected chi connectivity index (χ1v) is 6.39. The molecule has 9 heteroatoms. The maximum atomic E-state index is 11.3. The number of halogens is 2. The Labute approximate surface area is 129 Å². The second kappa shape index (κ2) is 6.35. The number of tetrazole rings is 1. The Bertz CT molecular complexity index is 725. The van der Waals surface area contributed by atoms with Gasteiger partial charge in [-0.3, -0.25) is 4.79 Å². The number of rotatable bonds is 4. The minimum Gasteiger partial charge on any atom is -0.358 e. The summed E-state index contributed by atoms with van der Waals surface area (Å²) in [5.74, 6) is -0.0111. The summed E-state index contributed by atoms with van der Waals surface area (Å²) >= 11 is 12.1. The van der Waals surface area contributed by atoms with Gasteiger partial charge in [0.15, 0.2) is 5.78 Å². The third-order valence-electron chi connectivity index (χ3n) is 2.52. The fourth-order valence-electron chi connectivity index (χ4n) is 1.48. The van der Waals surface area contributed by atoms with E-state index in [1.807, 2.05) is 6.07 Å². The SMILES string of the molecule is CC(=O)c1cc(Cl)c(NC=C(C#N)c2nn[nH]n2)c(Cl)c1. The van der Waals surface area contributed by atoms with Gasteiger partial charge in [-0.15, -0.1) is 10.2 Å². The lowest BCUT2D eigenvalue weighted by Gasteiger charge is -2.08. The van der Waals surface area contributed by atoms with E-state index in [0.29, 0.717) is 11.3 Å². The van der Waals surface area contributed by atoms with E-state index in [9.17, 15) is 4.79 Å². The van der Waals surface area contributed by atoms with Crippen molar-refractivity contribution in [3.05, 3.63) is 39.8 Å². The number of carbonyl (C=O) groups is 1. The van der Waals surface area contributed by atoms with E-state index in [4.69, 9.17) is 28.5 Å². The van der Waals surface area contributed by atoms with Crippen molar-refractivity contribution in [1.82, 2.24) is 20.6 Å². The van der Waals surface area contributed by atoms with Crippen LogP contribution in [0.2, 0.25) is 10.0 Å². The Morgan fingerprint density at radius 3 is 2.57 bits per heavy atom. The number of nitriles is 1. The number of benzene rings is 1. The lowest BCUT2D eigenvalue weighted by molar-refractivity contribution is 0.101. The van der Waals surface area contributed by atoms with Gasteiger partial charge in [0.1, 0.15) is 11.6 Å². The van der Waals surface area contributed by atoms with Crippen LogP contribution in [0.15, 0.2) is 18.3 Å². The Balaban J connectivity index is 2.32. The standard InChI is InChI=1S/C12H8Cl2N6O/c1-6(21)7-2-9(13)11(10(14)3-7)16-5-8(4-15)12-17-19-20-18-12/h2-3,5,16H,1H3,(H,17,18,19,20). The highest BCUT2D eigenvalue weighted by atomic mass is 35.5. The average molecular weight is 323 g/mol. The summed E-state index contributed by atoms with van der Waals surface area (Å²) < 4.78 is 0. The van der Waals surface area contributed by atoms with Crippen molar-refractivity contribution in [3.63, 3.8) is 0 Å². The van der Waals surface area contributed by atoms with Crippen LogP contribution in [0.4, 0.5) is 5.69 Å². The number of aromatic amines is 1. The van der Waals surface area contributed by atoms with Crippen LogP contribution >= 0.6 is 23.2 Å². The van der Waals surface area contributed by atoms with Crippen LogP contribution in [0.5, 0.6) is 0 Å². The first-order valence-electron chi connectivity index (χ1n) is 5.63. The fourth-order valence-corrected chi connectivity index (χ4v) is 2.08. The van der Waals surface area contributed by atoms with Gasteiger partial charge in [0.25, 0.3) is 0 Å². The molecule has 7 nitrogen and oxygen atoms in total. The molecule has 0 aliphatic heterocycles. The van der Waals surface area contributed by atoms with E-state index in [2.05, 4.69) is 25.9 Å². The van der Waals surface area contributed by atoms with Gasteiger partial charge in [-0.25, -0.2) is 0 Å². The molecule has 1 aromatic carbocycles. The number of hydrogen-bond donors (Lipinski definition) is 2. The zero-order valence-corrected chi connectivity index (χ0v) is 12.2. The largest absolute Gasteiger partial charge is 0.358 e. The summed E-state index contributed by atoms with van der Waals surface area (Å²) in [5, 5.41) is 25.4. The van der Waals surface area contributed by atoms with Crippen LogP contribution in [0.3, 0.4) is 0 Å². The minimum absolute atomic E-state index is 0.137. The van der Waals surface area contributed by atoms with Crippen LogP contribution in [-0.2, 0) is 0 Å². The van der Waals surface area contributed by atoms with Gasteiger partial charge in [0.05, 0.1) is 15.7 Å². The molecule has 1 aromatic heterocycles. The topological polar surface area (TPSA) is 107 Å². The van der Waals surface area contributed by atoms with Gasteiger partial charge in [-0.1, -0.05) is 23.2 Å². The van der Waals surface area contributed by atoms with E-state index in [1.165, 1.54) is 25.3 Å². The quantitative estimate of drug-likeness (QED) is 0.661. The van der Waals surface area contributed by atoms with Gasteiger partial charge >= 0.3 is 0 Å². The third-order valence-corrected chi connectivity index (χ3v) is 3.11. The highest BCUT2D eigenvalue weighted by Crippen LogP contribution is 2.32. The molecule has 1 heterocycles. The molecule has 0 spiro atoms. The summed E-state index contributed by atoms with van der Waals surface area (Å²) in [5.41, 5.74) is 0.921. The lowest BCUT2D eigenvalue weighted by Crippen LogP contribution is -1.98. The van der Waals surface area contributed by atoms with E-state index < -0.39 is 0 Å². The third kappa shape index (κ3) is 3.37. The van der Waals surface area contributed by atoms with Crippen molar-refractivity contribution in [1.29, 1.82) is 5.26 Å². The summed E-state index contributed by atoms with van der Waals surface area (Å²) in [7, 11) is 0. The van der Waals surface area contributed by atoms with E-state index in [0.717, 1.165) is 0 Å². The molecule has 0 aliphatic rings. The molecule has 0 saturated carbocycles. The maximum absolute atomic E-state index is 11.3. The highest BCUT2D eigenvalue weighted by molar-refractivity contribution is 6.39. The summed E-state index contributed by atoms with van der Waals surface area (Å²) in [4.78, 5) is 11.3. The number of aromatic nitrogens is 4. The Morgan fingerprint density at radius 1 is 1.43 bits per heavy atom. The normalized spacial score (nSPS) is 11.0. The number of ketones is 1. The van der Waals surface area contributed by atoms with E-state index in [1.54, 1.807) is 0 Å². The zero-order chi connectivity index (χ0) is 15.4. The van der Waals surface area contributed by atoms with Gasteiger partial charge in [-0.05, 0) is 24.3 Å². The second-order valence-electron chi connectivity index (χ2n) is 3.92. The van der Waals surface area contributed by atoms with E-state index >= 15 is 0 Å². The van der Waals surface area contributed by atoms with Crippen molar-refractivity contribution in [2.75, 3.05) is 5.32 Å². The molecule has 2 aromatic rings. The van der Waals surface area contributed by atoms with Gasteiger partial charge in [-0.2, -0.15) is 10.5 Å². The molecule has 0 atom stereocenters. The Hall–Kier alpha value is -2.43. The molecule has 0 bridgehead atoms. The molecule has 0 unspecified atom stereocenters. The molecule has 21 heavy (non-hydrogen) atoms. The molecule has 0 saturated heterocycles. The van der Waals surface area contributed by atoms with Gasteiger partial charge in [0, 0.05) is 11.8 Å². The minimum atomic E-state index is -0.148. The van der Waals surface area contributed by atoms with Crippen molar-refractivity contribution in [3.8, 4) is 6.07 Å². The van der Waals surface area contributed by atoms with Crippen LogP contribution in [0.1, 0.15) is 23.1 Å². The van der Waals surface area contributed by atoms with Crippen molar-refractivity contribution < 1.29 is 4.79 Å². The number of Topliss-reactive ketones (excluding diaryl/α,β-unsaturated/α-hetero) is 1. The summed E-state index contributed by atoms with van der Waals surface area (Å²) in [6.45, 7) is 1.42. The van der Waals surface area contributed by atoms with Crippen LogP contribution in [0.25, 0.3) is 5.57 Å². The summed E-state index contributed by atoms with van der Waals surface area (Å²) in [6, 6.07) is 4.90. The van der Waals surface area contributed by atoms with Crippen LogP contribution in [-0.4, -0.2) is 26.4 Å². The Kier molecular flexibility index (Phi) is 4.52. The smallest absolute Gasteiger partial charge is 0.216 e.